The molecule has 2 aromatic carbocycles. The fourth-order valence-corrected chi connectivity index (χ4v) is 2.73. The van der Waals surface area contributed by atoms with E-state index in [9.17, 15) is 18.4 Å². The molecule has 0 fully saturated rings. The maximum absolute atomic E-state index is 13.1. The minimum absolute atomic E-state index is 0.128. The second kappa shape index (κ2) is 9.78. The molecule has 2 rings (SSSR count). The van der Waals surface area contributed by atoms with E-state index in [1.165, 1.54) is 6.07 Å². The fraction of sp³-hybridized carbons (Fsp3) is 0.300. The summed E-state index contributed by atoms with van der Waals surface area (Å²) < 4.78 is 26.0. The Labute approximate surface area is 157 Å². The fourth-order valence-electron chi connectivity index (χ4n) is 2.73. The third-order valence-corrected chi connectivity index (χ3v) is 4.11. The zero-order valence-electron chi connectivity index (χ0n) is 15.3. The van der Waals surface area contributed by atoms with Crippen molar-refractivity contribution in [2.45, 2.75) is 19.9 Å². The molecule has 0 unspecified atom stereocenters. The predicted octanol–water partition coefficient (Wildman–Crippen LogP) is 1.98. The number of halogens is 2. The molecule has 0 aliphatic heterocycles. The number of benzene rings is 2. The quantitative estimate of drug-likeness (QED) is 0.659. The van der Waals surface area contributed by atoms with E-state index in [1.807, 2.05) is 35.6 Å². The summed E-state index contributed by atoms with van der Waals surface area (Å²) in [6.07, 6.45) is 0. The topological polar surface area (TPSA) is 74.8 Å². The van der Waals surface area contributed by atoms with Gasteiger partial charge in [-0.05, 0) is 12.1 Å². The first-order chi connectivity index (χ1) is 12.9. The van der Waals surface area contributed by atoms with Gasteiger partial charge in [-0.15, -0.1) is 0 Å². The third kappa shape index (κ3) is 6.45. The number of anilines is 1. The van der Waals surface area contributed by atoms with E-state index in [0.717, 1.165) is 17.7 Å². The van der Waals surface area contributed by atoms with E-state index in [-0.39, 0.29) is 30.7 Å². The Hall–Kier alpha value is -2.80. The van der Waals surface area contributed by atoms with Crippen molar-refractivity contribution in [1.82, 2.24) is 5.32 Å². The number of hydrogen-bond acceptors (Lipinski definition) is 2. The van der Waals surface area contributed by atoms with Gasteiger partial charge >= 0.3 is 0 Å². The summed E-state index contributed by atoms with van der Waals surface area (Å²) in [4.78, 5) is 23.9. The lowest BCUT2D eigenvalue weighted by atomic mass is 9.96. The molecular weight excluding hydrogens is 352 g/mol. The number of rotatable bonds is 8. The lowest BCUT2D eigenvalue weighted by Gasteiger charge is -2.19. The molecule has 27 heavy (non-hydrogen) atoms. The summed E-state index contributed by atoms with van der Waals surface area (Å²) >= 11 is 0. The molecule has 0 radical (unpaired) electrons. The number of nitrogens with two attached hydrogens (primary N) is 1. The van der Waals surface area contributed by atoms with E-state index in [4.69, 9.17) is 0 Å². The first kappa shape index (κ1) is 20.5. The molecule has 7 heteroatoms. The van der Waals surface area contributed by atoms with Crippen LogP contribution in [0.5, 0.6) is 0 Å². The van der Waals surface area contributed by atoms with Crippen LogP contribution < -0.4 is 16.0 Å². The summed E-state index contributed by atoms with van der Waals surface area (Å²) in [7, 11) is 0. The maximum Gasteiger partial charge on any atom is 0.275 e. The van der Waals surface area contributed by atoms with Gasteiger partial charge in [0.1, 0.15) is 6.04 Å². The molecule has 2 amide bonds. The van der Waals surface area contributed by atoms with Crippen LogP contribution in [0.3, 0.4) is 0 Å². The molecule has 144 valence electrons. The van der Waals surface area contributed by atoms with Crippen molar-refractivity contribution in [1.29, 1.82) is 0 Å². The maximum atomic E-state index is 13.1. The zero-order chi connectivity index (χ0) is 19.8. The van der Waals surface area contributed by atoms with Crippen molar-refractivity contribution in [3.05, 3.63) is 65.7 Å². The largest absolute Gasteiger partial charge is 0.342 e. The van der Waals surface area contributed by atoms with Gasteiger partial charge in [0.05, 0.1) is 6.54 Å². The summed E-state index contributed by atoms with van der Waals surface area (Å²) in [5, 5.41) is 6.86. The van der Waals surface area contributed by atoms with E-state index in [0.29, 0.717) is 5.92 Å². The Morgan fingerprint density at radius 1 is 1.00 bits per heavy atom. The molecule has 0 aliphatic rings. The standard InChI is InChI=1S/C20H23F2N3O2/c1-13(2)20(14-6-4-3-5-7-14)24-11-18(26)23-12-19(27)25-15-8-9-16(21)17(22)10-15/h3-10,13,20,24H,11-12H2,1-2H3,(H,23,26)(H,25,27)/p+1/t20-/m0/s1. The average molecular weight is 376 g/mol. The van der Waals surface area contributed by atoms with Crippen molar-refractivity contribution >= 4 is 17.5 Å². The summed E-state index contributed by atoms with van der Waals surface area (Å²) in [6, 6.07) is 13.1. The summed E-state index contributed by atoms with van der Waals surface area (Å²) in [5.41, 5.74) is 1.26. The van der Waals surface area contributed by atoms with Crippen molar-refractivity contribution in [2.75, 3.05) is 18.4 Å². The molecule has 2 aromatic rings. The van der Waals surface area contributed by atoms with Crippen molar-refractivity contribution in [2.24, 2.45) is 5.92 Å². The van der Waals surface area contributed by atoms with Crippen LogP contribution in [0.1, 0.15) is 25.5 Å². The third-order valence-electron chi connectivity index (χ3n) is 4.11. The molecule has 0 saturated carbocycles. The SMILES string of the molecule is CC(C)[C@H]([NH2+]CC(=O)NCC(=O)Nc1ccc(F)c(F)c1)c1ccccc1. The van der Waals surface area contributed by atoms with Crippen LogP contribution in [0.25, 0.3) is 0 Å². The molecule has 4 N–H and O–H groups in total. The molecule has 0 heterocycles. The number of carbonyl (C=O) groups excluding carboxylic acids is 2. The summed E-state index contributed by atoms with van der Waals surface area (Å²) in [5.74, 6) is -2.51. The lowest BCUT2D eigenvalue weighted by molar-refractivity contribution is -0.692. The molecular formula is C20H24F2N3O2+. The Kier molecular flexibility index (Phi) is 7.43. The van der Waals surface area contributed by atoms with Crippen LogP contribution in [-0.2, 0) is 9.59 Å². The van der Waals surface area contributed by atoms with Gasteiger partial charge in [-0.3, -0.25) is 9.59 Å². The number of amides is 2. The van der Waals surface area contributed by atoms with E-state index < -0.39 is 17.5 Å². The van der Waals surface area contributed by atoms with E-state index >= 15 is 0 Å². The van der Waals surface area contributed by atoms with Crippen LogP contribution in [0.4, 0.5) is 14.5 Å². The average Bonchev–Trinajstić information content (AvgIpc) is 2.64. The van der Waals surface area contributed by atoms with Crippen LogP contribution >= 0.6 is 0 Å². The van der Waals surface area contributed by atoms with Gasteiger partial charge < -0.3 is 16.0 Å². The predicted molar refractivity (Wildman–Crippen MR) is 98.8 cm³/mol. The second-order valence-electron chi connectivity index (χ2n) is 6.57. The van der Waals surface area contributed by atoms with Gasteiger partial charge in [0, 0.05) is 23.2 Å². The minimum atomic E-state index is -1.05. The first-order valence-corrected chi connectivity index (χ1v) is 8.76. The molecule has 0 bridgehead atoms. The van der Waals surface area contributed by atoms with Crippen LogP contribution in [0.2, 0.25) is 0 Å². The molecule has 1 atom stereocenters. The number of nitrogens with one attached hydrogen (secondary N) is 2. The molecule has 0 aliphatic carbocycles. The molecule has 0 spiro atoms. The Morgan fingerprint density at radius 3 is 2.33 bits per heavy atom. The Bertz CT molecular complexity index is 782. The highest BCUT2D eigenvalue weighted by Crippen LogP contribution is 2.16. The minimum Gasteiger partial charge on any atom is -0.342 e. The highest BCUT2D eigenvalue weighted by molar-refractivity contribution is 5.94. The zero-order valence-corrected chi connectivity index (χ0v) is 15.3. The van der Waals surface area contributed by atoms with E-state index in [1.54, 1.807) is 0 Å². The van der Waals surface area contributed by atoms with Gasteiger partial charge in [-0.2, -0.15) is 0 Å². The highest BCUT2D eigenvalue weighted by atomic mass is 19.2. The normalized spacial score (nSPS) is 11.9. The Balaban J connectivity index is 1.79. The van der Waals surface area contributed by atoms with Gasteiger partial charge in [0.2, 0.25) is 5.91 Å². The van der Waals surface area contributed by atoms with Gasteiger partial charge in [0.15, 0.2) is 18.2 Å². The van der Waals surface area contributed by atoms with Crippen LogP contribution in [0, 0.1) is 17.6 Å². The van der Waals surface area contributed by atoms with Crippen molar-refractivity contribution < 1.29 is 23.7 Å². The number of hydrogen-bond donors (Lipinski definition) is 3. The van der Waals surface area contributed by atoms with Gasteiger partial charge in [0.25, 0.3) is 5.91 Å². The number of quaternary nitrogens is 1. The second-order valence-corrected chi connectivity index (χ2v) is 6.57. The van der Waals surface area contributed by atoms with Crippen LogP contribution in [0.15, 0.2) is 48.5 Å². The first-order valence-electron chi connectivity index (χ1n) is 8.76. The van der Waals surface area contributed by atoms with Crippen molar-refractivity contribution in [3.63, 3.8) is 0 Å². The van der Waals surface area contributed by atoms with Crippen molar-refractivity contribution in [3.8, 4) is 0 Å². The monoisotopic (exact) mass is 376 g/mol. The number of carbonyl (C=O) groups is 2. The highest BCUT2D eigenvalue weighted by Gasteiger charge is 2.20. The van der Waals surface area contributed by atoms with Gasteiger partial charge in [-0.1, -0.05) is 44.2 Å². The molecule has 5 nitrogen and oxygen atoms in total. The van der Waals surface area contributed by atoms with E-state index in [2.05, 4.69) is 24.5 Å². The Morgan fingerprint density at radius 2 is 1.70 bits per heavy atom. The smallest absolute Gasteiger partial charge is 0.275 e. The lowest BCUT2D eigenvalue weighted by Crippen LogP contribution is -2.88. The summed E-state index contributed by atoms with van der Waals surface area (Å²) in [6.45, 7) is 4.10. The van der Waals surface area contributed by atoms with Gasteiger partial charge in [-0.25, -0.2) is 8.78 Å². The van der Waals surface area contributed by atoms with Crippen LogP contribution in [-0.4, -0.2) is 24.9 Å². The molecule has 0 aromatic heterocycles. The molecule has 0 saturated heterocycles.